The van der Waals surface area contributed by atoms with Crippen LogP contribution in [0.15, 0.2) is 229 Å². The number of aromatic nitrogens is 2. The molecule has 0 saturated carbocycles. The Morgan fingerprint density at radius 1 is 0.358 bits per heavy atom. The average molecular weight is 858 g/mol. The number of nitrogens with zero attached hydrogens (tertiary/aromatic N) is 3. The molecule has 0 fully saturated rings. The molecule has 3 heterocycles. The van der Waals surface area contributed by atoms with Gasteiger partial charge >= 0.3 is 0 Å². The highest BCUT2D eigenvalue weighted by atomic mass is 16.3. The second-order valence-corrected chi connectivity index (χ2v) is 18.5. The summed E-state index contributed by atoms with van der Waals surface area (Å²) in [5.41, 5.74) is 19.2. The van der Waals surface area contributed by atoms with Gasteiger partial charge in [0.15, 0.2) is 11.2 Å². The molecule has 0 atom stereocenters. The SMILES string of the molecule is CC1(C)c2cc(N(c3ccccc3)c3ccc(-c4ccccc4)cc3)ccc2-c2ccc(-n3c4ccccc4c4ccc5c6ccc7c8ccccc8n(-c8ccccc8)c7c6oc5c43)cc21. The van der Waals surface area contributed by atoms with Gasteiger partial charge in [-0.05, 0) is 118 Å². The smallest absolute Gasteiger partial charge is 0.160 e. The molecule has 10 aromatic carbocycles. The van der Waals surface area contributed by atoms with Gasteiger partial charge in [-0.15, -0.1) is 0 Å². The Hall–Kier alpha value is -8.60. The molecule has 1 aliphatic rings. The van der Waals surface area contributed by atoms with Crippen molar-refractivity contribution in [1.82, 2.24) is 9.13 Å². The van der Waals surface area contributed by atoms with Gasteiger partial charge in [0.2, 0.25) is 0 Å². The first-order valence-electron chi connectivity index (χ1n) is 23.2. The second kappa shape index (κ2) is 14.2. The van der Waals surface area contributed by atoms with E-state index >= 15 is 0 Å². The molecule has 0 unspecified atom stereocenters. The van der Waals surface area contributed by atoms with Crippen LogP contribution in [0.4, 0.5) is 17.1 Å². The van der Waals surface area contributed by atoms with Gasteiger partial charge in [-0.25, -0.2) is 0 Å². The zero-order chi connectivity index (χ0) is 44.4. The van der Waals surface area contributed by atoms with E-state index in [1.165, 1.54) is 54.9 Å². The third kappa shape index (κ3) is 5.47. The maximum absolute atomic E-state index is 7.34. The number of benzene rings is 10. The molecule has 0 bridgehead atoms. The van der Waals surface area contributed by atoms with Crippen molar-refractivity contribution in [2.45, 2.75) is 19.3 Å². The number of hydrogen-bond donors (Lipinski definition) is 0. The summed E-state index contributed by atoms with van der Waals surface area (Å²) in [4.78, 5) is 2.38. The molecule has 0 amide bonds. The third-order valence-electron chi connectivity index (χ3n) is 14.5. The van der Waals surface area contributed by atoms with Crippen LogP contribution in [0.3, 0.4) is 0 Å². The quantitative estimate of drug-likeness (QED) is 0.167. The summed E-state index contributed by atoms with van der Waals surface area (Å²) in [6.07, 6.45) is 0. The van der Waals surface area contributed by atoms with E-state index in [4.69, 9.17) is 4.42 Å². The Bertz CT molecular complexity index is 4100. The Labute approximate surface area is 387 Å². The lowest BCUT2D eigenvalue weighted by Gasteiger charge is -2.28. The van der Waals surface area contributed by atoms with Crippen LogP contribution in [-0.2, 0) is 5.41 Å². The van der Waals surface area contributed by atoms with Gasteiger partial charge in [0.05, 0.1) is 22.1 Å². The summed E-state index contributed by atoms with van der Waals surface area (Å²) in [6, 6.07) is 81.6. The van der Waals surface area contributed by atoms with Crippen molar-refractivity contribution in [1.29, 1.82) is 0 Å². The monoisotopic (exact) mass is 857 g/mol. The van der Waals surface area contributed by atoms with Crippen molar-refractivity contribution in [3.8, 4) is 33.6 Å². The zero-order valence-electron chi connectivity index (χ0n) is 37.1. The maximum atomic E-state index is 7.34. The Balaban J connectivity index is 0.937. The Kier molecular flexibility index (Phi) is 8.00. The molecule has 0 aliphatic heterocycles. The molecule has 13 aromatic rings. The number of rotatable bonds is 6. The van der Waals surface area contributed by atoms with E-state index < -0.39 is 0 Å². The fourth-order valence-corrected chi connectivity index (χ4v) is 11.4. The van der Waals surface area contributed by atoms with Crippen LogP contribution in [-0.4, -0.2) is 9.13 Å². The minimum Gasteiger partial charge on any atom is -0.452 e. The first-order valence-corrected chi connectivity index (χ1v) is 23.2. The zero-order valence-corrected chi connectivity index (χ0v) is 37.1. The predicted octanol–water partition coefficient (Wildman–Crippen LogP) is 17.2. The molecule has 316 valence electrons. The van der Waals surface area contributed by atoms with Crippen LogP contribution >= 0.6 is 0 Å². The highest BCUT2D eigenvalue weighted by molar-refractivity contribution is 6.26. The molecule has 4 heteroatoms. The third-order valence-corrected chi connectivity index (χ3v) is 14.5. The van der Waals surface area contributed by atoms with Crippen molar-refractivity contribution < 1.29 is 4.42 Å². The van der Waals surface area contributed by atoms with Crippen molar-refractivity contribution in [2.24, 2.45) is 0 Å². The molecule has 67 heavy (non-hydrogen) atoms. The summed E-state index contributed by atoms with van der Waals surface area (Å²) in [5.74, 6) is 0. The van der Waals surface area contributed by atoms with Crippen LogP contribution in [0.1, 0.15) is 25.0 Å². The molecular formula is C63H43N3O. The largest absolute Gasteiger partial charge is 0.452 e. The molecule has 3 aromatic heterocycles. The fraction of sp³-hybridized carbons (Fsp3) is 0.0476. The maximum Gasteiger partial charge on any atom is 0.160 e. The average Bonchev–Trinajstić information content (AvgIpc) is 4.10. The summed E-state index contributed by atoms with van der Waals surface area (Å²) in [5, 5.41) is 6.99. The number of anilines is 3. The van der Waals surface area contributed by atoms with E-state index in [2.05, 4.69) is 252 Å². The Morgan fingerprint density at radius 3 is 1.45 bits per heavy atom. The Morgan fingerprint density at radius 2 is 0.821 bits per heavy atom. The summed E-state index contributed by atoms with van der Waals surface area (Å²) < 4.78 is 12.2. The van der Waals surface area contributed by atoms with Crippen LogP contribution in [0.25, 0.3) is 99.2 Å². The molecule has 0 N–H and O–H groups in total. The van der Waals surface area contributed by atoms with E-state index in [9.17, 15) is 0 Å². The molecule has 0 spiro atoms. The first-order chi connectivity index (χ1) is 33.0. The van der Waals surface area contributed by atoms with E-state index in [0.29, 0.717) is 0 Å². The van der Waals surface area contributed by atoms with Crippen LogP contribution in [0.2, 0.25) is 0 Å². The molecule has 4 nitrogen and oxygen atoms in total. The van der Waals surface area contributed by atoms with Crippen LogP contribution in [0.5, 0.6) is 0 Å². The van der Waals surface area contributed by atoms with E-state index in [1.807, 2.05) is 0 Å². The molecule has 1 aliphatic carbocycles. The first kappa shape index (κ1) is 37.7. The molecular weight excluding hydrogens is 815 g/mol. The van der Waals surface area contributed by atoms with Crippen molar-refractivity contribution in [2.75, 3.05) is 4.90 Å². The summed E-state index contributed by atoms with van der Waals surface area (Å²) >= 11 is 0. The number of para-hydroxylation sites is 4. The standard InChI is InChI=1S/C63H43N3O/c1-63(2)55-38-45(64(42-18-8-4-9-19-42)44-28-26-41(27-29-44)40-16-6-3-7-17-40)30-32-47(55)48-33-31-46(39-56(48)63)66-58-25-15-13-23-50(58)52-35-37-54-53-36-34-51-49-22-12-14-24-57(49)65(43-20-10-5-11-21-43)59(51)61(53)67-62(54)60(52)66/h3-39H,1-2H3. The lowest BCUT2D eigenvalue weighted by Crippen LogP contribution is -2.17. The van der Waals surface area contributed by atoms with Gasteiger partial charge in [0.25, 0.3) is 0 Å². The fourth-order valence-electron chi connectivity index (χ4n) is 11.4. The van der Waals surface area contributed by atoms with Crippen molar-refractivity contribution in [3.63, 3.8) is 0 Å². The van der Waals surface area contributed by atoms with E-state index in [1.54, 1.807) is 0 Å². The van der Waals surface area contributed by atoms with Gasteiger partial charge in [0.1, 0.15) is 0 Å². The highest BCUT2D eigenvalue weighted by Crippen LogP contribution is 2.52. The predicted molar refractivity (Wildman–Crippen MR) is 280 cm³/mol. The topological polar surface area (TPSA) is 26.2 Å². The minimum absolute atomic E-state index is 0.278. The van der Waals surface area contributed by atoms with E-state index in [-0.39, 0.29) is 5.41 Å². The summed E-state index contributed by atoms with van der Waals surface area (Å²) in [6.45, 7) is 4.76. The van der Waals surface area contributed by atoms with Gasteiger partial charge < -0.3 is 18.5 Å². The molecule has 0 radical (unpaired) electrons. The summed E-state index contributed by atoms with van der Waals surface area (Å²) in [7, 11) is 0. The second-order valence-electron chi connectivity index (χ2n) is 18.5. The lowest BCUT2D eigenvalue weighted by molar-refractivity contribution is 0.660. The van der Waals surface area contributed by atoms with Crippen LogP contribution < -0.4 is 4.90 Å². The van der Waals surface area contributed by atoms with E-state index in [0.717, 1.165) is 72.4 Å². The highest BCUT2D eigenvalue weighted by Gasteiger charge is 2.37. The number of fused-ring (bicyclic) bond motifs is 14. The van der Waals surface area contributed by atoms with Gasteiger partial charge in [0, 0.05) is 66.2 Å². The molecule has 14 rings (SSSR count). The van der Waals surface area contributed by atoms with Gasteiger partial charge in [-0.2, -0.15) is 0 Å². The van der Waals surface area contributed by atoms with Gasteiger partial charge in [-0.1, -0.05) is 153 Å². The minimum atomic E-state index is -0.278. The number of furan rings is 1. The van der Waals surface area contributed by atoms with Crippen molar-refractivity contribution >= 4 is 82.6 Å². The lowest BCUT2D eigenvalue weighted by atomic mass is 9.82. The molecule has 0 saturated heterocycles. The van der Waals surface area contributed by atoms with Crippen LogP contribution in [0, 0.1) is 0 Å². The van der Waals surface area contributed by atoms with Crippen molar-refractivity contribution in [3.05, 3.63) is 236 Å². The number of hydrogen-bond acceptors (Lipinski definition) is 2. The normalized spacial score (nSPS) is 13.0. The van der Waals surface area contributed by atoms with Gasteiger partial charge in [-0.3, -0.25) is 0 Å².